The maximum atomic E-state index is 12.8. The molecule has 1 unspecified atom stereocenters. The first-order valence-electron chi connectivity index (χ1n) is 9.95. The van der Waals surface area contributed by atoms with Crippen molar-refractivity contribution < 1.29 is 0 Å². The lowest BCUT2D eigenvalue weighted by Gasteiger charge is -2.18. The molecule has 0 fully saturated rings. The Morgan fingerprint density at radius 3 is 3.03 bits per heavy atom. The van der Waals surface area contributed by atoms with Gasteiger partial charge in [0.2, 0.25) is 0 Å². The Morgan fingerprint density at radius 1 is 1.30 bits per heavy atom. The summed E-state index contributed by atoms with van der Waals surface area (Å²) in [4.78, 5) is 21.7. The Morgan fingerprint density at radius 2 is 2.20 bits per heavy atom. The van der Waals surface area contributed by atoms with E-state index < -0.39 is 0 Å². The van der Waals surface area contributed by atoms with Crippen LogP contribution in [-0.2, 0) is 19.5 Å². The number of benzene rings is 1. The van der Waals surface area contributed by atoms with Gasteiger partial charge in [0.05, 0.1) is 22.8 Å². The molecule has 0 radical (unpaired) electrons. The van der Waals surface area contributed by atoms with Crippen LogP contribution < -0.4 is 11.0 Å². The van der Waals surface area contributed by atoms with Gasteiger partial charge in [-0.3, -0.25) is 9.55 Å². The lowest BCUT2D eigenvalue weighted by atomic mass is 10.1. The Labute approximate surface area is 182 Å². The van der Waals surface area contributed by atoms with Crippen molar-refractivity contribution in [3.8, 4) is 0 Å². The van der Waals surface area contributed by atoms with Crippen LogP contribution in [0.3, 0.4) is 0 Å². The molecule has 0 amide bonds. The van der Waals surface area contributed by atoms with Crippen molar-refractivity contribution in [1.82, 2.24) is 24.3 Å². The van der Waals surface area contributed by atoms with E-state index in [-0.39, 0.29) is 11.7 Å². The first kappa shape index (κ1) is 19.3. The molecule has 0 aliphatic carbocycles. The van der Waals surface area contributed by atoms with Gasteiger partial charge in [0.1, 0.15) is 5.82 Å². The van der Waals surface area contributed by atoms with Crippen LogP contribution in [0, 0.1) is 6.92 Å². The number of hydrogen-bond donors (Lipinski definition) is 1. The Bertz CT molecular complexity index is 1280. The van der Waals surface area contributed by atoms with Crippen LogP contribution >= 0.6 is 22.9 Å². The van der Waals surface area contributed by atoms with Crippen molar-refractivity contribution >= 4 is 39.5 Å². The summed E-state index contributed by atoms with van der Waals surface area (Å²) in [7, 11) is 0. The summed E-state index contributed by atoms with van der Waals surface area (Å²) in [5.74, 6) is 0.850. The summed E-state index contributed by atoms with van der Waals surface area (Å²) in [6.07, 6.45) is 4.31. The van der Waals surface area contributed by atoms with Crippen molar-refractivity contribution in [2.24, 2.45) is 0 Å². The topological polar surface area (TPSA) is 77.6 Å². The highest BCUT2D eigenvalue weighted by atomic mass is 35.5. The van der Waals surface area contributed by atoms with Crippen molar-refractivity contribution in [2.75, 3.05) is 5.32 Å². The van der Waals surface area contributed by atoms with Crippen LogP contribution in [0.1, 0.15) is 29.4 Å². The second-order valence-corrected chi connectivity index (χ2v) is 9.05. The zero-order valence-corrected chi connectivity index (χ0v) is 18.1. The molecule has 0 spiro atoms. The van der Waals surface area contributed by atoms with Crippen LogP contribution in [0.2, 0.25) is 5.02 Å². The zero-order chi connectivity index (χ0) is 20.7. The van der Waals surface area contributed by atoms with Gasteiger partial charge >= 0.3 is 5.69 Å². The van der Waals surface area contributed by atoms with Gasteiger partial charge in [-0.1, -0.05) is 11.6 Å². The van der Waals surface area contributed by atoms with Crippen LogP contribution in [0.4, 0.5) is 5.69 Å². The highest BCUT2D eigenvalue weighted by Crippen LogP contribution is 2.26. The van der Waals surface area contributed by atoms with Crippen molar-refractivity contribution in [3.63, 3.8) is 0 Å². The first-order chi connectivity index (χ1) is 14.6. The predicted octanol–water partition coefficient (Wildman–Crippen LogP) is 3.88. The fourth-order valence-electron chi connectivity index (χ4n) is 3.98. The van der Waals surface area contributed by atoms with E-state index in [4.69, 9.17) is 11.6 Å². The van der Waals surface area contributed by atoms with Crippen molar-refractivity contribution in [1.29, 1.82) is 0 Å². The second kappa shape index (κ2) is 7.85. The van der Waals surface area contributed by atoms with Gasteiger partial charge in [-0.2, -0.15) is 5.10 Å². The first-order valence-corrected chi connectivity index (χ1v) is 11.2. The highest BCUT2D eigenvalue weighted by molar-refractivity contribution is 7.09. The van der Waals surface area contributed by atoms with Gasteiger partial charge in [-0.15, -0.1) is 11.3 Å². The molecule has 3 aromatic heterocycles. The molecule has 154 valence electrons. The molecular weight excluding hydrogens is 420 g/mol. The molecule has 4 aromatic rings. The molecule has 0 bridgehead atoms. The van der Waals surface area contributed by atoms with Gasteiger partial charge in [0.25, 0.3) is 0 Å². The van der Waals surface area contributed by atoms with Gasteiger partial charge in [-0.25, -0.2) is 14.5 Å². The number of rotatable bonds is 4. The fourth-order valence-corrected chi connectivity index (χ4v) is 4.75. The van der Waals surface area contributed by atoms with Gasteiger partial charge < -0.3 is 5.32 Å². The van der Waals surface area contributed by atoms with E-state index in [1.165, 1.54) is 4.68 Å². The van der Waals surface area contributed by atoms with Crippen molar-refractivity contribution in [2.45, 2.75) is 45.3 Å². The summed E-state index contributed by atoms with van der Waals surface area (Å²) in [6.45, 7) is 3.04. The van der Waals surface area contributed by atoms with Crippen LogP contribution in [0.15, 0.2) is 40.6 Å². The summed E-state index contributed by atoms with van der Waals surface area (Å²) in [6, 6.07) is 7.99. The van der Waals surface area contributed by atoms with Gasteiger partial charge in [0.15, 0.2) is 0 Å². The molecule has 9 heteroatoms. The molecule has 7 nitrogen and oxygen atoms in total. The summed E-state index contributed by atoms with van der Waals surface area (Å²) in [5.41, 5.74) is 2.74. The summed E-state index contributed by atoms with van der Waals surface area (Å²) >= 11 is 7.69. The fraction of sp³-hybridized carbons (Fsp3) is 0.333. The third-order valence-electron chi connectivity index (χ3n) is 5.46. The number of nitrogens with zero attached hydrogens (tertiary/aromatic N) is 5. The normalized spacial score (nSPS) is 16.4. The minimum absolute atomic E-state index is 0.0553. The smallest absolute Gasteiger partial charge is 0.346 e. The van der Waals surface area contributed by atoms with E-state index in [0.717, 1.165) is 52.4 Å². The standard InChI is InChI=1S/C21H21ClN6OS/c1-13-24-16(12-30-13)11-28-21(29)27-9-7-15(3-5-20(27)26-28)25-18-6-8-23-19-10-14(22)2-4-17(18)19/h2,4,6,8,10,12,15H,3,5,7,9,11H2,1H3,(H,23,25). The monoisotopic (exact) mass is 440 g/mol. The number of halogens is 1. The molecule has 0 saturated carbocycles. The number of anilines is 1. The maximum Gasteiger partial charge on any atom is 0.346 e. The maximum absolute atomic E-state index is 12.8. The van der Waals surface area contributed by atoms with E-state index in [1.807, 2.05) is 41.1 Å². The number of hydrogen-bond acceptors (Lipinski definition) is 6. The molecule has 1 aliphatic heterocycles. The average molecular weight is 441 g/mol. The number of fused-ring (bicyclic) bond motifs is 2. The molecule has 1 aromatic carbocycles. The minimum Gasteiger partial charge on any atom is -0.382 e. The molecule has 1 N–H and O–H groups in total. The molecule has 4 heterocycles. The zero-order valence-electron chi connectivity index (χ0n) is 16.5. The average Bonchev–Trinajstić information content (AvgIpc) is 3.19. The van der Waals surface area contributed by atoms with Crippen LogP contribution in [0.25, 0.3) is 10.9 Å². The summed E-state index contributed by atoms with van der Waals surface area (Å²) < 4.78 is 3.35. The van der Waals surface area contributed by atoms with E-state index in [9.17, 15) is 4.79 Å². The van der Waals surface area contributed by atoms with E-state index >= 15 is 0 Å². The minimum atomic E-state index is -0.0553. The molecule has 5 rings (SSSR count). The van der Waals surface area contributed by atoms with E-state index in [2.05, 4.69) is 20.4 Å². The third kappa shape index (κ3) is 3.73. The summed E-state index contributed by atoms with van der Waals surface area (Å²) in [5, 5.41) is 12.9. The number of nitrogens with one attached hydrogen (secondary N) is 1. The predicted molar refractivity (Wildman–Crippen MR) is 120 cm³/mol. The van der Waals surface area contributed by atoms with E-state index in [1.54, 1.807) is 17.5 Å². The van der Waals surface area contributed by atoms with Gasteiger partial charge in [0, 0.05) is 46.7 Å². The molecule has 30 heavy (non-hydrogen) atoms. The number of aryl methyl sites for hydroxylation is 2. The van der Waals surface area contributed by atoms with E-state index in [0.29, 0.717) is 18.1 Å². The largest absolute Gasteiger partial charge is 0.382 e. The number of pyridine rings is 1. The Balaban J connectivity index is 1.33. The van der Waals surface area contributed by atoms with Gasteiger partial charge in [-0.05, 0) is 44.0 Å². The third-order valence-corrected chi connectivity index (χ3v) is 6.52. The SMILES string of the molecule is Cc1nc(Cn2nc3n(c2=O)CCC(Nc2ccnc4cc(Cl)ccc24)CC3)cs1. The molecule has 1 atom stereocenters. The quantitative estimate of drug-likeness (QED) is 0.521. The number of thiazole rings is 1. The van der Waals surface area contributed by atoms with Crippen LogP contribution in [-0.4, -0.2) is 30.4 Å². The molecule has 0 saturated heterocycles. The Kier molecular flexibility index (Phi) is 5.04. The second-order valence-electron chi connectivity index (χ2n) is 7.55. The van der Waals surface area contributed by atoms with Crippen LogP contribution in [0.5, 0.6) is 0 Å². The lowest BCUT2D eigenvalue weighted by molar-refractivity contribution is 0.552. The lowest BCUT2D eigenvalue weighted by Crippen LogP contribution is -2.27. The number of aromatic nitrogens is 5. The molecular formula is C21H21ClN6OS. The highest BCUT2D eigenvalue weighted by Gasteiger charge is 2.21. The Hall–Kier alpha value is -2.71. The van der Waals surface area contributed by atoms with Crippen molar-refractivity contribution in [3.05, 3.63) is 67.9 Å². The molecule has 1 aliphatic rings.